The van der Waals surface area contributed by atoms with Gasteiger partial charge in [-0.3, -0.25) is 0 Å². The van der Waals surface area contributed by atoms with Crippen molar-refractivity contribution < 1.29 is 49.5 Å². The Kier molecular flexibility index (Phi) is 6.48. The van der Waals surface area contributed by atoms with Gasteiger partial charge in [0.1, 0.15) is 0 Å². The van der Waals surface area contributed by atoms with Crippen LogP contribution in [0.15, 0.2) is 66.8 Å². The molecule has 0 aromatic heterocycles. The summed E-state index contributed by atoms with van der Waals surface area (Å²) in [5.41, 5.74) is 10.2. The summed E-state index contributed by atoms with van der Waals surface area (Å²) in [4.78, 5) is 0. The van der Waals surface area contributed by atoms with Crippen LogP contribution in [0.4, 0.5) is 0 Å². The van der Waals surface area contributed by atoms with Crippen molar-refractivity contribution in [1.29, 1.82) is 0 Å². The van der Waals surface area contributed by atoms with Crippen molar-refractivity contribution in [3.63, 3.8) is 0 Å². The van der Waals surface area contributed by atoms with E-state index < -0.39 is 0 Å². The van der Waals surface area contributed by atoms with E-state index in [2.05, 4.69) is 73.7 Å². The Morgan fingerprint density at radius 3 is 2.38 bits per heavy atom. The van der Waals surface area contributed by atoms with Gasteiger partial charge in [0.25, 0.3) is 0 Å². The molecule has 0 fully saturated rings. The fourth-order valence-electron chi connectivity index (χ4n) is 3.65. The Hall–Kier alpha value is -0.877. The Labute approximate surface area is 171 Å². The molecule has 2 aromatic carbocycles. The van der Waals surface area contributed by atoms with E-state index in [1.807, 2.05) is 0 Å². The fourth-order valence-corrected chi connectivity index (χ4v) is 5.18. The molecule has 2 aliphatic carbocycles. The average Bonchev–Trinajstić information content (AvgIpc) is 3.16. The van der Waals surface area contributed by atoms with Gasteiger partial charge in [-0.2, -0.15) is 0 Å². The third kappa shape index (κ3) is 3.15. The molecule has 0 saturated carbocycles. The summed E-state index contributed by atoms with van der Waals surface area (Å²) in [5.74, 6) is 0. The van der Waals surface area contributed by atoms with E-state index in [1.54, 1.807) is 24.7 Å². The molecule has 0 spiro atoms. The average molecular weight is 431 g/mol. The molecule has 0 N–H and O–H groups in total. The first kappa shape index (κ1) is 19.4. The predicted molar refractivity (Wildman–Crippen MR) is 89.8 cm³/mol. The van der Waals surface area contributed by atoms with Crippen LogP contribution in [0.25, 0.3) is 16.7 Å². The summed E-state index contributed by atoms with van der Waals surface area (Å²) in [6, 6.07) is 17.7. The van der Waals surface area contributed by atoms with Gasteiger partial charge in [0.05, 0.1) is 0 Å². The van der Waals surface area contributed by atoms with Gasteiger partial charge in [-0.15, -0.1) is 0 Å². The van der Waals surface area contributed by atoms with Crippen molar-refractivity contribution in [3.05, 3.63) is 89.0 Å². The first-order valence-corrected chi connectivity index (χ1v) is 9.16. The summed E-state index contributed by atoms with van der Waals surface area (Å²) in [6.07, 6.45) is 7.75. The second-order valence-corrected chi connectivity index (χ2v) is 7.35. The van der Waals surface area contributed by atoms with Crippen LogP contribution in [0.3, 0.4) is 0 Å². The monoisotopic (exact) mass is 429 g/mol. The topological polar surface area (TPSA) is 0 Å². The fraction of sp³-hybridized carbons (Fsp3) is 0.143. The minimum atomic E-state index is 0. The van der Waals surface area contributed by atoms with Crippen LogP contribution in [-0.2, 0) is 24.7 Å². The summed E-state index contributed by atoms with van der Waals surface area (Å²) in [7, 11) is 0. The molecule has 0 saturated heterocycles. The molecule has 119 valence electrons. The van der Waals surface area contributed by atoms with Gasteiger partial charge in [0.2, 0.25) is 0 Å². The van der Waals surface area contributed by atoms with Crippen molar-refractivity contribution in [2.75, 3.05) is 0 Å². The maximum atomic E-state index is 2.32. The number of hydrogen-bond acceptors (Lipinski definition) is 0. The van der Waals surface area contributed by atoms with Crippen LogP contribution in [0.1, 0.15) is 39.2 Å². The molecular weight excluding hydrogens is 414 g/mol. The Morgan fingerprint density at radius 2 is 1.71 bits per heavy atom. The largest absolute Gasteiger partial charge is 1.00 e. The smallest absolute Gasteiger partial charge is 1.00 e. The minimum Gasteiger partial charge on any atom is -1.00 e. The molecule has 4 rings (SSSR count). The van der Waals surface area contributed by atoms with Crippen molar-refractivity contribution in [3.8, 4) is 0 Å². The molecule has 3 heteroatoms. The quantitative estimate of drug-likeness (QED) is 0.606. The molecule has 0 radical (unpaired) electrons. The van der Waals surface area contributed by atoms with E-state index in [0.717, 1.165) is 6.42 Å². The number of fused-ring (bicyclic) bond motifs is 1. The van der Waals surface area contributed by atoms with Crippen LogP contribution < -0.4 is 24.8 Å². The van der Waals surface area contributed by atoms with E-state index >= 15 is 0 Å². The van der Waals surface area contributed by atoms with Crippen LogP contribution >= 0.6 is 0 Å². The maximum Gasteiger partial charge on any atom is -1.00 e. The first-order valence-electron chi connectivity index (χ1n) is 7.74. The van der Waals surface area contributed by atoms with Crippen molar-refractivity contribution in [2.24, 2.45) is 0 Å². The van der Waals surface area contributed by atoms with E-state index in [-0.39, 0.29) is 24.8 Å². The van der Waals surface area contributed by atoms with Gasteiger partial charge in [-0.1, -0.05) is 0 Å². The molecule has 1 atom stereocenters. The van der Waals surface area contributed by atoms with Gasteiger partial charge in [0.15, 0.2) is 0 Å². The summed E-state index contributed by atoms with van der Waals surface area (Å²) >= 11 is 1.57. The van der Waals surface area contributed by atoms with E-state index in [0.29, 0.717) is 3.63 Å². The zero-order valence-electron chi connectivity index (χ0n) is 13.4. The number of rotatable bonds is 2. The van der Waals surface area contributed by atoms with Crippen LogP contribution in [0.5, 0.6) is 0 Å². The molecule has 0 nitrogen and oxygen atoms in total. The SMILES string of the molecule is CC1=C(c2ccccc2)[CH]([Zr+2])c2cccc(C3=CC=CC3)c21.[Cl-].[Cl-]. The first-order chi connectivity index (χ1) is 10.8. The molecule has 1 unspecified atom stereocenters. The maximum absolute atomic E-state index is 2.32. The Bertz CT molecular complexity index is 832. The van der Waals surface area contributed by atoms with Crippen molar-refractivity contribution in [2.45, 2.75) is 17.0 Å². The van der Waals surface area contributed by atoms with Crippen LogP contribution in [-0.4, -0.2) is 0 Å². The van der Waals surface area contributed by atoms with Crippen molar-refractivity contribution in [1.82, 2.24) is 0 Å². The Morgan fingerprint density at radius 1 is 0.958 bits per heavy atom. The molecule has 24 heavy (non-hydrogen) atoms. The second kappa shape index (κ2) is 8.00. The van der Waals surface area contributed by atoms with Crippen molar-refractivity contribution >= 4 is 16.7 Å². The van der Waals surface area contributed by atoms with Gasteiger partial charge in [0, 0.05) is 0 Å². The van der Waals surface area contributed by atoms with Crippen LogP contribution in [0, 0.1) is 0 Å². The number of hydrogen-bond donors (Lipinski definition) is 0. The predicted octanol–water partition coefficient (Wildman–Crippen LogP) is -0.430. The molecule has 0 amide bonds. The molecule has 0 heterocycles. The zero-order chi connectivity index (χ0) is 15.1. The number of halogens is 2. The summed E-state index contributed by atoms with van der Waals surface area (Å²) < 4.78 is 0.555. The molecule has 0 aliphatic heterocycles. The third-order valence-electron chi connectivity index (χ3n) is 4.68. The molecule has 2 aromatic rings. The van der Waals surface area contributed by atoms with Gasteiger partial charge >= 0.3 is 147 Å². The van der Waals surface area contributed by atoms with Crippen LogP contribution in [0.2, 0.25) is 0 Å². The van der Waals surface area contributed by atoms with Gasteiger partial charge < -0.3 is 24.8 Å². The standard InChI is InChI=1S/C21H17.2ClH.Zr/c1-15-20(17-8-3-2-4-9-17)14-18-12-7-13-19(21(15)18)16-10-5-6-11-16;;;/h2-10,12-14H,11H2,1H3;2*1H;/q;;;+2/p-2. The minimum absolute atomic E-state index is 0. The van der Waals surface area contributed by atoms with Gasteiger partial charge in [-0.05, 0) is 0 Å². The number of benzene rings is 2. The Balaban J connectivity index is 0.00000104. The second-order valence-electron chi connectivity index (χ2n) is 5.93. The van der Waals surface area contributed by atoms with E-state index in [4.69, 9.17) is 0 Å². The molecule has 2 aliphatic rings. The third-order valence-corrected chi connectivity index (χ3v) is 6.15. The molecule has 0 bridgehead atoms. The van der Waals surface area contributed by atoms with Gasteiger partial charge in [-0.25, -0.2) is 0 Å². The van der Waals surface area contributed by atoms with E-state index in [1.165, 1.54) is 39.0 Å². The molecular formula is C21H17Cl2Zr. The summed E-state index contributed by atoms with van der Waals surface area (Å²) in [6.45, 7) is 2.30. The number of allylic oxidation sites excluding steroid dienone is 6. The summed E-state index contributed by atoms with van der Waals surface area (Å²) in [5, 5.41) is 0. The normalized spacial score (nSPS) is 18.0. The zero-order valence-corrected chi connectivity index (χ0v) is 17.4. The van der Waals surface area contributed by atoms with E-state index in [9.17, 15) is 0 Å².